The molecule has 0 aliphatic carbocycles. The van der Waals surface area contributed by atoms with Crippen molar-refractivity contribution in [2.75, 3.05) is 6.61 Å². The molecule has 0 bridgehead atoms. The first-order chi connectivity index (χ1) is 33.0. The minimum atomic E-state index is -1.26. The van der Waals surface area contributed by atoms with E-state index in [9.17, 15) is 25.2 Å². The van der Waals surface area contributed by atoms with E-state index in [4.69, 9.17) is 0 Å². The number of amides is 1. The SMILES string of the molecule is CCCCCCCCCCCCCC/C=C\CCCCCCCCCCCCCCCCCCC(O)C(=O)NC(CO)C(O)C(O)CCCCCCCCCCCCCCCCCCCCC. The molecule has 1 amide bonds. The van der Waals surface area contributed by atoms with Crippen LogP contribution in [0.25, 0.3) is 0 Å². The molecule has 0 saturated carbocycles. The Morgan fingerprint density at radius 3 is 0.866 bits per heavy atom. The lowest BCUT2D eigenvalue weighted by molar-refractivity contribution is -0.132. The minimum Gasteiger partial charge on any atom is -0.394 e. The van der Waals surface area contributed by atoms with Crippen LogP contribution in [-0.2, 0) is 4.79 Å². The number of aliphatic hydroxyl groups is 4. The highest BCUT2D eigenvalue weighted by Crippen LogP contribution is 2.19. The Bertz CT molecular complexity index is 975. The van der Waals surface area contributed by atoms with Crippen molar-refractivity contribution < 1.29 is 25.2 Å². The van der Waals surface area contributed by atoms with Crippen LogP contribution in [0.4, 0.5) is 0 Å². The molecule has 0 radical (unpaired) electrons. The Kier molecular flexibility index (Phi) is 55.2. The van der Waals surface area contributed by atoms with Crippen LogP contribution in [0.5, 0.6) is 0 Å². The van der Waals surface area contributed by atoms with Gasteiger partial charge in [0.05, 0.1) is 18.8 Å². The lowest BCUT2D eigenvalue weighted by Crippen LogP contribution is -2.53. The quantitative estimate of drug-likeness (QED) is 0.0308. The van der Waals surface area contributed by atoms with Crippen LogP contribution in [0.15, 0.2) is 12.2 Å². The molecular weight excluding hydrogens is 827 g/mol. The molecule has 0 heterocycles. The van der Waals surface area contributed by atoms with Gasteiger partial charge in [-0.1, -0.05) is 315 Å². The van der Waals surface area contributed by atoms with E-state index in [2.05, 4.69) is 31.3 Å². The first-order valence-corrected chi connectivity index (χ1v) is 30.6. The second-order valence-corrected chi connectivity index (χ2v) is 21.4. The summed E-state index contributed by atoms with van der Waals surface area (Å²) in [5, 5.41) is 44.1. The van der Waals surface area contributed by atoms with Crippen molar-refractivity contribution in [3.8, 4) is 0 Å². The number of nitrogens with one attached hydrogen (secondary N) is 1. The second kappa shape index (κ2) is 56.0. The number of aliphatic hydroxyl groups excluding tert-OH is 4. The largest absolute Gasteiger partial charge is 0.394 e. The monoisotopic (exact) mass is 948 g/mol. The van der Waals surface area contributed by atoms with Crippen molar-refractivity contribution in [1.29, 1.82) is 0 Å². The zero-order valence-electron chi connectivity index (χ0n) is 45.4. The maximum absolute atomic E-state index is 12.6. The Labute approximate surface area is 419 Å². The Hall–Kier alpha value is -0.950. The summed E-state index contributed by atoms with van der Waals surface area (Å²) >= 11 is 0. The summed E-state index contributed by atoms with van der Waals surface area (Å²) in [4.78, 5) is 12.6. The molecule has 400 valence electrons. The number of carbonyl (C=O) groups is 1. The first-order valence-electron chi connectivity index (χ1n) is 30.6. The summed E-state index contributed by atoms with van der Waals surface area (Å²) in [6.07, 6.45) is 67.3. The van der Waals surface area contributed by atoms with Gasteiger partial charge in [0.15, 0.2) is 0 Å². The molecular formula is C61H121NO5. The fraction of sp³-hybridized carbons (Fsp3) is 0.951. The van der Waals surface area contributed by atoms with Gasteiger partial charge in [-0.2, -0.15) is 0 Å². The molecule has 0 aromatic rings. The van der Waals surface area contributed by atoms with Crippen molar-refractivity contribution in [3.63, 3.8) is 0 Å². The number of hydrogen-bond acceptors (Lipinski definition) is 5. The summed E-state index contributed by atoms with van der Waals surface area (Å²) < 4.78 is 0. The van der Waals surface area contributed by atoms with Crippen LogP contribution >= 0.6 is 0 Å². The van der Waals surface area contributed by atoms with Gasteiger partial charge >= 0.3 is 0 Å². The highest BCUT2D eigenvalue weighted by molar-refractivity contribution is 5.80. The fourth-order valence-corrected chi connectivity index (χ4v) is 9.93. The molecule has 4 unspecified atom stereocenters. The molecule has 0 spiro atoms. The summed E-state index contributed by atoms with van der Waals surface area (Å²) in [6.45, 7) is 4.10. The predicted molar refractivity (Wildman–Crippen MR) is 293 cm³/mol. The van der Waals surface area contributed by atoms with Gasteiger partial charge in [-0.25, -0.2) is 0 Å². The second-order valence-electron chi connectivity index (χ2n) is 21.4. The van der Waals surface area contributed by atoms with E-state index in [1.165, 1.54) is 276 Å². The number of hydrogen-bond donors (Lipinski definition) is 5. The smallest absolute Gasteiger partial charge is 0.249 e. The minimum absolute atomic E-state index is 0.374. The van der Waals surface area contributed by atoms with E-state index in [-0.39, 0.29) is 0 Å². The van der Waals surface area contributed by atoms with Gasteiger partial charge < -0.3 is 25.7 Å². The first kappa shape index (κ1) is 66.0. The summed E-state index contributed by atoms with van der Waals surface area (Å²) in [6, 6.07) is -0.983. The fourth-order valence-electron chi connectivity index (χ4n) is 9.93. The highest BCUT2D eigenvalue weighted by Gasteiger charge is 2.28. The number of carbonyl (C=O) groups excluding carboxylic acids is 1. The zero-order chi connectivity index (χ0) is 48.8. The van der Waals surface area contributed by atoms with E-state index in [0.29, 0.717) is 12.8 Å². The topological polar surface area (TPSA) is 110 Å². The van der Waals surface area contributed by atoms with E-state index in [0.717, 1.165) is 38.5 Å². The van der Waals surface area contributed by atoms with E-state index in [1.807, 2.05) is 0 Å². The van der Waals surface area contributed by atoms with E-state index < -0.39 is 36.9 Å². The van der Waals surface area contributed by atoms with Crippen LogP contribution in [0.1, 0.15) is 341 Å². The molecule has 5 N–H and O–H groups in total. The zero-order valence-corrected chi connectivity index (χ0v) is 45.4. The summed E-state index contributed by atoms with van der Waals surface area (Å²) in [7, 11) is 0. The van der Waals surface area contributed by atoms with Gasteiger partial charge in [0.25, 0.3) is 0 Å². The van der Waals surface area contributed by atoms with Gasteiger partial charge in [-0.05, 0) is 38.5 Å². The van der Waals surface area contributed by atoms with Gasteiger partial charge in [0, 0.05) is 0 Å². The normalized spacial score (nSPS) is 13.7. The van der Waals surface area contributed by atoms with Crippen LogP contribution in [0.2, 0.25) is 0 Å². The summed E-state index contributed by atoms with van der Waals surface area (Å²) in [5.41, 5.74) is 0. The molecule has 6 heteroatoms. The average molecular weight is 949 g/mol. The lowest BCUT2D eigenvalue weighted by Gasteiger charge is -2.27. The van der Waals surface area contributed by atoms with Crippen molar-refractivity contribution >= 4 is 5.91 Å². The highest BCUT2D eigenvalue weighted by atomic mass is 16.3. The van der Waals surface area contributed by atoms with Crippen molar-refractivity contribution in [3.05, 3.63) is 12.2 Å². The third kappa shape index (κ3) is 49.8. The Morgan fingerprint density at radius 2 is 0.597 bits per heavy atom. The van der Waals surface area contributed by atoms with E-state index >= 15 is 0 Å². The lowest BCUT2D eigenvalue weighted by atomic mass is 9.99. The van der Waals surface area contributed by atoms with Gasteiger partial charge in [0.2, 0.25) is 5.91 Å². The molecule has 67 heavy (non-hydrogen) atoms. The van der Waals surface area contributed by atoms with E-state index in [1.54, 1.807) is 0 Å². The van der Waals surface area contributed by atoms with Crippen LogP contribution in [0.3, 0.4) is 0 Å². The van der Waals surface area contributed by atoms with Gasteiger partial charge in [-0.15, -0.1) is 0 Å². The molecule has 0 saturated heterocycles. The molecule has 6 nitrogen and oxygen atoms in total. The van der Waals surface area contributed by atoms with Crippen LogP contribution < -0.4 is 5.32 Å². The molecule has 4 atom stereocenters. The van der Waals surface area contributed by atoms with Gasteiger partial charge in [0.1, 0.15) is 12.2 Å². The van der Waals surface area contributed by atoms with Gasteiger partial charge in [-0.3, -0.25) is 4.79 Å². The molecule has 0 rings (SSSR count). The third-order valence-corrected chi connectivity index (χ3v) is 14.7. The van der Waals surface area contributed by atoms with Crippen LogP contribution in [-0.4, -0.2) is 57.3 Å². The molecule has 0 aromatic heterocycles. The predicted octanol–water partition coefficient (Wildman–Crippen LogP) is 18.0. The molecule has 0 aromatic carbocycles. The number of unbranched alkanes of at least 4 members (excludes halogenated alkanes) is 46. The van der Waals surface area contributed by atoms with Crippen molar-refractivity contribution in [2.24, 2.45) is 0 Å². The summed E-state index contributed by atoms with van der Waals surface area (Å²) in [5.74, 6) is -0.577. The standard InChI is InChI=1S/C61H121NO5/c1-3-5-7-9-11-13-15-17-19-21-23-24-25-26-27-28-29-30-31-32-33-34-35-37-39-41-43-45-47-49-51-53-55-59(65)61(67)62-57(56-63)60(66)58(64)54-52-50-48-46-44-42-40-38-36-22-20-18-16-14-12-10-8-6-4-2/h26-27,57-60,63-66H,3-25,28-56H2,1-2H3,(H,62,67)/b27-26-. The Balaban J connectivity index is 3.55. The Morgan fingerprint density at radius 1 is 0.358 bits per heavy atom. The maximum atomic E-state index is 12.6. The molecule has 0 aliphatic rings. The average Bonchev–Trinajstić information content (AvgIpc) is 3.33. The molecule has 0 fully saturated rings. The van der Waals surface area contributed by atoms with Crippen molar-refractivity contribution in [2.45, 2.75) is 366 Å². The van der Waals surface area contributed by atoms with Crippen molar-refractivity contribution in [1.82, 2.24) is 5.32 Å². The molecule has 0 aliphatic heterocycles. The number of allylic oxidation sites excluding steroid dienone is 2. The maximum Gasteiger partial charge on any atom is 0.249 e. The third-order valence-electron chi connectivity index (χ3n) is 14.7. The number of rotatable bonds is 57. The van der Waals surface area contributed by atoms with Crippen LogP contribution in [0, 0.1) is 0 Å².